The molecule has 21 heavy (non-hydrogen) atoms. The molecule has 0 saturated carbocycles. The van der Waals surface area contributed by atoms with E-state index < -0.39 is 0 Å². The van der Waals surface area contributed by atoms with Gasteiger partial charge in [-0.15, -0.1) is 11.3 Å². The zero-order chi connectivity index (χ0) is 14.8. The van der Waals surface area contributed by atoms with Gasteiger partial charge in [-0.05, 0) is 19.1 Å². The third-order valence-electron chi connectivity index (χ3n) is 3.40. The zero-order valence-corrected chi connectivity index (χ0v) is 12.6. The van der Waals surface area contributed by atoms with E-state index in [4.69, 9.17) is 15.9 Å². The molecular formula is C14H17N5OS. The Labute approximate surface area is 127 Å². The smallest absolute Gasteiger partial charge is 0.134 e. The first kappa shape index (κ1) is 14.0. The normalized spacial score (nSPS) is 18.7. The van der Waals surface area contributed by atoms with Crippen molar-refractivity contribution >= 4 is 29.2 Å². The van der Waals surface area contributed by atoms with Gasteiger partial charge in [-0.2, -0.15) is 0 Å². The van der Waals surface area contributed by atoms with Crippen LogP contribution in [-0.2, 0) is 4.74 Å². The third kappa shape index (κ3) is 2.88. The highest BCUT2D eigenvalue weighted by molar-refractivity contribution is 7.09. The van der Waals surface area contributed by atoms with Crippen molar-refractivity contribution in [3.05, 3.63) is 33.8 Å². The van der Waals surface area contributed by atoms with Crippen LogP contribution in [0.3, 0.4) is 0 Å². The monoisotopic (exact) mass is 303 g/mol. The number of hydrogen-bond donors (Lipinski definition) is 2. The molecule has 0 bridgehead atoms. The van der Waals surface area contributed by atoms with E-state index in [1.165, 1.54) is 6.21 Å². The third-order valence-corrected chi connectivity index (χ3v) is 4.46. The molecule has 1 unspecified atom stereocenters. The molecule has 110 valence electrons. The lowest BCUT2D eigenvalue weighted by Crippen LogP contribution is -2.39. The summed E-state index contributed by atoms with van der Waals surface area (Å²) in [6.45, 7) is 4.11. The number of morpholine rings is 1. The number of hydrogen-bond acceptors (Lipinski definition) is 7. The summed E-state index contributed by atoms with van der Waals surface area (Å²) < 4.78 is 5.82. The van der Waals surface area contributed by atoms with Crippen LogP contribution in [-0.4, -0.2) is 35.9 Å². The minimum atomic E-state index is -0.0251. The van der Waals surface area contributed by atoms with Gasteiger partial charge >= 0.3 is 0 Å². The number of nitrogens with zero attached hydrogens (tertiary/aromatic N) is 3. The summed E-state index contributed by atoms with van der Waals surface area (Å²) in [5.74, 6) is 1.20. The maximum Gasteiger partial charge on any atom is 0.134 e. The topological polar surface area (TPSA) is 88.1 Å². The van der Waals surface area contributed by atoms with Gasteiger partial charge in [0.25, 0.3) is 0 Å². The molecule has 1 fully saturated rings. The molecule has 0 amide bonds. The predicted octanol–water partition coefficient (Wildman–Crippen LogP) is 2.00. The molecule has 1 saturated heterocycles. The van der Waals surface area contributed by atoms with Crippen LogP contribution in [0.5, 0.6) is 0 Å². The maximum absolute atomic E-state index is 7.26. The van der Waals surface area contributed by atoms with Gasteiger partial charge in [-0.3, -0.25) is 0 Å². The second-order valence-electron chi connectivity index (χ2n) is 4.92. The summed E-state index contributed by atoms with van der Waals surface area (Å²) in [5, 5.41) is 10.3. The molecular weight excluding hydrogens is 286 g/mol. The van der Waals surface area contributed by atoms with E-state index in [9.17, 15) is 0 Å². The van der Waals surface area contributed by atoms with Crippen molar-refractivity contribution in [1.29, 1.82) is 5.41 Å². The molecule has 3 heterocycles. The molecule has 1 atom stereocenters. The lowest BCUT2D eigenvalue weighted by atomic mass is 10.2. The molecule has 3 rings (SSSR count). The molecule has 6 nitrogen and oxygen atoms in total. The van der Waals surface area contributed by atoms with Crippen LogP contribution >= 0.6 is 11.3 Å². The van der Waals surface area contributed by atoms with Gasteiger partial charge in [0.05, 0.1) is 13.2 Å². The molecule has 1 aliphatic rings. The van der Waals surface area contributed by atoms with Crippen molar-refractivity contribution < 1.29 is 4.74 Å². The summed E-state index contributed by atoms with van der Waals surface area (Å²) in [5.41, 5.74) is 7.52. The minimum Gasteiger partial charge on any atom is -0.383 e. The molecule has 0 aromatic carbocycles. The fraction of sp³-hybridized carbons (Fsp3) is 0.357. The van der Waals surface area contributed by atoms with Gasteiger partial charge in [0.2, 0.25) is 0 Å². The van der Waals surface area contributed by atoms with Gasteiger partial charge < -0.3 is 20.8 Å². The van der Waals surface area contributed by atoms with Crippen molar-refractivity contribution in [2.24, 2.45) is 0 Å². The Balaban J connectivity index is 1.79. The quantitative estimate of drug-likeness (QED) is 0.847. The maximum atomic E-state index is 7.26. The van der Waals surface area contributed by atoms with Crippen LogP contribution in [0, 0.1) is 12.3 Å². The highest BCUT2D eigenvalue weighted by Crippen LogP contribution is 2.27. The minimum absolute atomic E-state index is 0.0251. The lowest BCUT2D eigenvalue weighted by Gasteiger charge is -2.33. The Morgan fingerprint density at radius 1 is 1.48 bits per heavy atom. The summed E-state index contributed by atoms with van der Waals surface area (Å²) in [6.07, 6.45) is 1.19. The van der Waals surface area contributed by atoms with E-state index in [1.54, 1.807) is 11.3 Å². The number of nitrogens with one attached hydrogen (secondary N) is 1. The van der Waals surface area contributed by atoms with E-state index in [1.807, 2.05) is 24.4 Å². The SMILES string of the molecule is Cc1csc(C2CN(c3ccc(C=N)c(N)n3)CCO2)n1. The molecule has 0 aliphatic carbocycles. The Hall–Kier alpha value is -1.99. The summed E-state index contributed by atoms with van der Waals surface area (Å²) in [4.78, 5) is 11.0. The van der Waals surface area contributed by atoms with Crippen molar-refractivity contribution in [2.75, 3.05) is 30.3 Å². The second-order valence-corrected chi connectivity index (χ2v) is 5.81. The van der Waals surface area contributed by atoms with E-state index in [-0.39, 0.29) is 6.10 Å². The summed E-state index contributed by atoms with van der Waals surface area (Å²) in [6, 6.07) is 3.72. The number of rotatable bonds is 3. The lowest BCUT2D eigenvalue weighted by molar-refractivity contribution is 0.0393. The molecule has 2 aromatic rings. The molecule has 7 heteroatoms. The van der Waals surface area contributed by atoms with Crippen LogP contribution in [0.15, 0.2) is 17.5 Å². The van der Waals surface area contributed by atoms with Crippen LogP contribution in [0.2, 0.25) is 0 Å². The fourth-order valence-electron chi connectivity index (χ4n) is 2.30. The summed E-state index contributed by atoms with van der Waals surface area (Å²) >= 11 is 1.62. The fourth-order valence-corrected chi connectivity index (χ4v) is 3.13. The van der Waals surface area contributed by atoms with E-state index in [0.717, 1.165) is 23.1 Å². The van der Waals surface area contributed by atoms with Gasteiger partial charge in [0, 0.05) is 29.4 Å². The van der Waals surface area contributed by atoms with Crippen molar-refractivity contribution in [3.63, 3.8) is 0 Å². The van der Waals surface area contributed by atoms with Crippen LogP contribution in [0.25, 0.3) is 0 Å². The highest BCUT2D eigenvalue weighted by atomic mass is 32.1. The zero-order valence-electron chi connectivity index (χ0n) is 11.7. The predicted molar refractivity (Wildman–Crippen MR) is 84.3 cm³/mol. The van der Waals surface area contributed by atoms with E-state index in [0.29, 0.717) is 24.5 Å². The first-order valence-electron chi connectivity index (χ1n) is 6.73. The van der Waals surface area contributed by atoms with Gasteiger partial charge in [0.1, 0.15) is 22.7 Å². The van der Waals surface area contributed by atoms with Gasteiger partial charge in [-0.1, -0.05) is 0 Å². The van der Waals surface area contributed by atoms with Gasteiger partial charge in [0.15, 0.2) is 0 Å². The number of pyridine rings is 1. The molecule has 2 aromatic heterocycles. The Kier molecular flexibility index (Phi) is 3.85. The Morgan fingerprint density at radius 3 is 3.00 bits per heavy atom. The van der Waals surface area contributed by atoms with Crippen LogP contribution in [0.4, 0.5) is 11.6 Å². The highest BCUT2D eigenvalue weighted by Gasteiger charge is 2.25. The molecule has 0 spiro atoms. The number of nitrogen functional groups attached to an aromatic ring is 1. The number of aromatic nitrogens is 2. The Bertz CT molecular complexity index is 657. The number of nitrogens with two attached hydrogens (primary N) is 1. The number of ether oxygens (including phenoxy) is 1. The second kappa shape index (κ2) is 5.79. The first-order chi connectivity index (χ1) is 10.2. The van der Waals surface area contributed by atoms with Crippen LogP contribution < -0.4 is 10.6 Å². The first-order valence-corrected chi connectivity index (χ1v) is 7.61. The van der Waals surface area contributed by atoms with E-state index in [2.05, 4.69) is 14.9 Å². The Morgan fingerprint density at radius 2 is 2.33 bits per heavy atom. The average Bonchev–Trinajstić information content (AvgIpc) is 2.94. The molecule has 0 radical (unpaired) electrons. The number of aryl methyl sites for hydroxylation is 1. The molecule has 1 aliphatic heterocycles. The molecule has 3 N–H and O–H groups in total. The largest absolute Gasteiger partial charge is 0.383 e. The standard InChI is InChI=1S/C14H17N5OS/c1-9-8-21-14(17-9)11-7-19(4-5-20-11)12-3-2-10(6-15)13(16)18-12/h2-3,6,8,11,15H,4-5,7H2,1H3,(H2,16,18). The van der Waals surface area contributed by atoms with Crippen molar-refractivity contribution in [1.82, 2.24) is 9.97 Å². The van der Waals surface area contributed by atoms with Crippen LogP contribution in [0.1, 0.15) is 22.4 Å². The average molecular weight is 303 g/mol. The van der Waals surface area contributed by atoms with Crippen molar-refractivity contribution in [3.8, 4) is 0 Å². The summed E-state index contributed by atoms with van der Waals surface area (Å²) in [7, 11) is 0. The number of thiazole rings is 1. The van der Waals surface area contributed by atoms with Crippen molar-refractivity contribution in [2.45, 2.75) is 13.0 Å². The number of anilines is 2. The van der Waals surface area contributed by atoms with Gasteiger partial charge in [-0.25, -0.2) is 9.97 Å². The van der Waals surface area contributed by atoms with E-state index >= 15 is 0 Å².